The van der Waals surface area contributed by atoms with Gasteiger partial charge in [0.1, 0.15) is 5.82 Å². The second kappa shape index (κ2) is 11.2. The van der Waals surface area contributed by atoms with Crippen molar-refractivity contribution in [2.24, 2.45) is 0 Å². The van der Waals surface area contributed by atoms with Crippen LogP contribution in [0.2, 0.25) is 0 Å². The zero-order valence-corrected chi connectivity index (χ0v) is 16.7. The van der Waals surface area contributed by atoms with Gasteiger partial charge in [0.05, 0.1) is 12.6 Å². The average molecular weight is 402 g/mol. The van der Waals surface area contributed by atoms with Crippen molar-refractivity contribution in [2.45, 2.75) is 38.3 Å². The van der Waals surface area contributed by atoms with Crippen molar-refractivity contribution < 1.29 is 19.1 Å². The second-order valence-corrected chi connectivity index (χ2v) is 6.92. The highest BCUT2D eigenvalue weighted by molar-refractivity contribution is 5.85. The number of likely N-dealkylation sites (tertiary alicyclic amines) is 1. The maximum Gasteiger partial charge on any atom is 0.317 e. The van der Waals surface area contributed by atoms with Crippen molar-refractivity contribution in [1.29, 1.82) is 0 Å². The molecule has 2 N–H and O–H groups in total. The smallest absolute Gasteiger partial charge is 0.317 e. The summed E-state index contributed by atoms with van der Waals surface area (Å²) < 4.78 is 12.9. The number of hydrogen-bond acceptors (Lipinski definition) is 4. The number of carbonyl (C=O) groups is 2. The SMILES string of the molecule is CC(C(=O)NCCc1ccc(F)cc1)N1CCC(N(C)CC(=O)O)CC1.Cl. The number of rotatable bonds is 8. The first-order valence-electron chi connectivity index (χ1n) is 9.05. The molecule has 1 saturated heterocycles. The summed E-state index contributed by atoms with van der Waals surface area (Å²) in [7, 11) is 1.83. The van der Waals surface area contributed by atoms with Gasteiger partial charge in [0.15, 0.2) is 0 Å². The Kier molecular flexibility index (Phi) is 9.69. The fourth-order valence-corrected chi connectivity index (χ4v) is 3.35. The van der Waals surface area contributed by atoms with E-state index in [2.05, 4.69) is 10.2 Å². The molecule has 1 fully saturated rings. The number of piperidine rings is 1. The molecule has 1 heterocycles. The zero-order chi connectivity index (χ0) is 19.1. The lowest BCUT2D eigenvalue weighted by Crippen LogP contribution is -2.51. The lowest BCUT2D eigenvalue weighted by Gasteiger charge is -2.38. The second-order valence-electron chi connectivity index (χ2n) is 6.92. The Balaban J connectivity index is 0.00000364. The highest BCUT2D eigenvalue weighted by Gasteiger charge is 2.28. The first kappa shape index (κ1) is 23.3. The fraction of sp³-hybridized carbons (Fsp3) is 0.579. The number of carboxylic acids is 1. The quantitative estimate of drug-likeness (QED) is 0.694. The molecule has 0 radical (unpaired) electrons. The molecular weight excluding hydrogens is 373 g/mol. The van der Waals surface area contributed by atoms with Gasteiger partial charge in [-0.1, -0.05) is 12.1 Å². The molecule has 152 valence electrons. The molecule has 1 unspecified atom stereocenters. The maximum absolute atomic E-state index is 12.9. The van der Waals surface area contributed by atoms with Crippen LogP contribution in [-0.4, -0.2) is 72.1 Å². The predicted octanol–water partition coefficient (Wildman–Crippen LogP) is 1.78. The Hall–Kier alpha value is -1.70. The van der Waals surface area contributed by atoms with Crippen LogP contribution in [0.15, 0.2) is 24.3 Å². The maximum atomic E-state index is 12.9. The number of aliphatic carboxylic acids is 1. The van der Waals surface area contributed by atoms with Gasteiger partial charge >= 0.3 is 5.97 Å². The van der Waals surface area contributed by atoms with Gasteiger partial charge < -0.3 is 10.4 Å². The normalized spacial score (nSPS) is 16.6. The summed E-state index contributed by atoms with van der Waals surface area (Å²) >= 11 is 0. The van der Waals surface area contributed by atoms with Crippen molar-refractivity contribution >= 4 is 24.3 Å². The summed E-state index contributed by atoms with van der Waals surface area (Å²) in [6.07, 6.45) is 2.38. The molecule has 8 heteroatoms. The Labute approximate surface area is 166 Å². The molecule has 0 spiro atoms. The van der Waals surface area contributed by atoms with E-state index in [1.54, 1.807) is 12.1 Å². The number of nitrogens with one attached hydrogen (secondary N) is 1. The monoisotopic (exact) mass is 401 g/mol. The van der Waals surface area contributed by atoms with E-state index in [4.69, 9.17) is 5.11 Å². The largest absolute Gasteiger partial charge is 0.480 e. The van der Waals surface area contributed by atoms with Crippen LogP contribution in [0.3, 0.4) is 0 Å². The van der Waals surface area contributed by atoms with Crippen molar-refractivity contribution in [1.82, 2.24) is 15.1 Å². The van der Waals surface area contributed by atoms with Gasteiger partial charge in [-0.25, -0.2) is 4.39 Å². The van der Waals surface area contributed by atoms with Crippen LogP contribution in [0.1, 0.15) is 25.3 Å². The Morgan fingerprint density at radius 1 is 1.30 bits per heavy atom. The minimum absolute atomic E-state index is 0. The van der Waals surface area contributed by atoms with E-state index in [0.29, 0.717) is 13.0 Å². The third-order valence-electron chi connectivity index (χ3n) is 5.06. The topological polar surface area (TPSA) is 72.9 Å². The first-order valence-corrected chi connectivity index (χ1v) is 9.05. The first-order chi connectivity index (χ1) is 12.4. The number of carboxylic acid groups (broad SMARTS) is 1. The molecular formula is C19H29ClFN3O3. The molecule has 1 aliphatic rings. The number of halogens is 2. The number of likely N-dealkylation sites (N-methyl/N-ethyl adjacent to an activating group) is 1. The minimum atomic E-state index is -0.816. The molecule has 0 aliphatic carbocycles. The summed E-state index contributed by atoms with van der Waals surface area (Å²) in [5, 5.41) is 11.8. The van der Waals surface area contributed by atoms with E-state index in [1.807, 2.05) is 18.9 Å². The minimum Gasteiger partial charge on any atom is -0.480 e. The number of nitrogens with zero attached hydrogens (tertiary/aromatic N) is 2. The molecule has 0 bridgehead atoms. The predicted molar refractivity (Wildman–Crippen MR) is 105 cm³/mol. The lowest BCUT2D eigenvalue weighted by atomic mass is 10.0. The highest BCUT2D eigenvalue weighted by Crippen LogP contribution is 2.17. The number of carbonyl (C=O) groups excluding carboxylic acids is 1. The highest BCUT2D eigenvalue weighted by atomic mass is 35.5. The Morgan fingerprint density at radius 2 is 1.89 bits per heavy atom. The molecule has 1 aliphatic heterocycles. The van der Waals surface area contributed by atoms with Gasteiger partial charge in [-0.2, -0.15) is 0 Å². The van der Waals surface area contributed by atoms with E-state index < -0.39 is 5.97 Å². The van der Waals surface area contributed by atoms with Gasteiger partial charge in [-0.15, -0.1) is 12.4 Å². The summed E-state index contributed by atoms with van der Waals surface area (Å²) in [5.74, 6) is -1.09. The van der Waals surface area contributed by atoms with Crippen molar-refractivity contribution in [3.05, 3.63) is 35.6 Å². The third-order valence-corrected chi connectivity index (χ3v) is 5.06. The Morgan fingerprint density at radius 3 is 2.44 bits per heavy atom. The van der Waals surface area contributed by atoms with Crippen LogP contribution in [0.5, 0.6) is 0 Å². The molecule has 27 heavy (non-hydrogen) atoms. The fourth-order valence-electron chi connectivity index (χ4n) is 3.35. The van der Waals surface area contributed by atoms with Crippen LogP contribution in [0, 0.1) is 5.82 Å². The molecule has 1 atom stereocenters. The van der Waals surface area contributed by atoms with Crippen LogP contribution in [0.4, 0.5) is 4.39 Å². The van der Waals surface area contributed by atoms with Crippen molar-refractivity contribution in [3.8, 4) is 0 Å². The van der Waals surface area contributed by atoms with Crippen molar-refractivity contribution in [2.75, 3.05) is 33.2 Å². The summed E-state index contributed by atoms with van der Waals surface area (Å²) in [5.41, 5.74) is 0.988. The van der Waals surface area contributed by atoms with E-state index in [9.17, 15) is 14.0 Å². The van der Waals surface area contributed by atoms with Gasteiger partial charge in [0.2, 0.25) is 5.91 Å². The van der Waals surface area contributed by atoms with Gasteiger partial charge in [-0.05, 0) is 50.9 Å². The molecule has 6 nitrogen and oxygen atoms in total. The van der Waals surface area contributed by atoms with Crippen LogP contribution < -0.4 is 5.32 Å². The Bertz CT molecular complexity index is 607. The summed E-state index contributed by atoms with van der Waals surface area (Å²) in [4.78, 5) is 27.2. The van der Waals surface area contributed by atoms with Gasteiger partial charge in [0.25, 0.3) is 0 Å². The average Bonchev–Trinajstić information content (AvgIpc) is 2.62. The van der Waals surface area contributed by atoms with Crippen LogP contribution in [-0.2, 0) is 16.0 Å². The van der Waals surface area contributed by atoms with E-state index in [0.717, 1.165) is 31.5 Å². The van der Waals surface area contributed by atoms with E-state index in [-0.39, 0.29) is 42.8 Å². The lowest BCUT2D eigenvalue weighted by molar-refractivity contribution is -0.138. The molecule has 0 aromatic heterocycles. The van der Waals surface area contributed by atoms with Gasteiger partial charge in [0, 0.05) is 25.7 Å². The number of amides is 1. The standard InChI is InChI=1S/C19H28FN3O3.ClH/c1-14(19(26)21-10-7-15-3-5-16(20)6-4-15)23-11-8-17(9-12-23)22(2)13-18(24)25;/h3-6,14,17H,7-13H2,1-2H3,(H,21,26)(H,24,25);1H. The third kappa shape index (κ3) is 7.44. The summed E-state index contributed by atoms with van der Waals surface area (Å²) in [6.45, 7) is 4.02. The molecule has 2 rings (SSSR count). The zero-order valence-electron chi connectivity index (χ0n) is 15.9. The number of benzene rings is 1. The number of hydrogen-bond donors (Lipinski definition) is 2. The van der Waals surface area contributed by atoms with E-state index in [1.165, 1.54) is 12.1 Å². The van der Waals surface area contributed by atoms with E-state index >= 15 is 0 Å². The molecule has 1 aromatic rings. The van der Waals surface area contributed by atoms with Crippen molar-refractivity contribution in [3.63, 3.8) is 0 Å². The van der Waals surface area contributed by atoms with Crippen LogP contribution in [0.25, 0.3) is 0 Å². The molecule has 0 saturated carbocycles. The molecule has 1 aromatic carbocycles. The summed E-state index contributed by atoms with van der Waals surface area (Å²) in [6, 6.07) is 6.33. The van der Waals surface area contributed by atoms with Gasteiger partial charge in [-0.3, -0.25) is 19.4 Å². The molecule has 1 amide bonds. The van der Waals surface area contributed by atoms with Crippen LogP contribution >= 0.6 is 12.4 Å².